The first-order valence-electron chi connectivity index (χ1n) is 5.98. The molecule has 0 atom stereocenters. The van der Waals surface area contributed by atoms with Crippen LogP contribution in [0.15, 0.2) is 0 Å². The van der Waals surface area contributed by atoms with Gasteiger partial charge in [0, 0.05) is 5.54 Å². The van der Waals surface area contributed by atoms with E-state index in [1.165, 1.54) is 0 Å². The second-order valence-electron chi connectivity index (χ2n) is 5.84. The van der Waals surface area contributed by atoms with Gasteiger partial charge in [0.25, 0.3) is 0 Å². The van der Waals surface area contributed by atoms with E-state index < -0.39 is 0 Å². The van der Waals surface area contributed by atoms with E-state index >= 15 is 0 Å². The maximum atomic E-state index is 9.20. The van der Waals surface area contributed by atoms with Gasteiger partial charge in [-0.1, -0.05) is 6.42 Å². The lowest BCUT2D eigenvalue weighted by molar-refractivity contribution is 0.0772. The lowest BCUT2D eigenvalue weighted by Crippen LogP contribution is -2.44. The Morgan fingerprint density at radius 3 is 2.19 bits per heavy atom. The molecule has 0 aliphatic rings. The first-order valence-corrected chi connectivity index (χ1v) is 5.98. The quantitative estimate of drug-likeness (QED) is 0.678. The number of aliphatic hydroxyl groups excluding tert-OH is 1. The predicted molar refractivity (Wildman–Crippen MR) is 67.0 cm³/mol. The number of rotatable bonds is 7. The van der Waals surface area contributed by atoms with Gasteiger partial charge in [0.2, 0.25) is 0 Å². The molecule has 0 aromatic carbocycles. The summed E-state index contributed by atoms with van der Waals surface area (Å²) in [6.07, 6.45) is 3.08. The smallest absolute Gasteiger partial charge is 0.0683 e. The van der Waals surface area contributed by atoms with Gasteiger partial charge in [-0.15, -0.1) is 0 Å². The van der Waals surface area contributed by atoms with Crippen molar-refractivity contribution < 1.29 is 5.11 Å². The summed E-state index contributed by atoms with van der Waals surface area (Å²) in [5.74, 6) is 0. The first kappa shape index (κ1) is 15.4. The van der Waals surface area contributed by atoms with E-state index in [1.807, 2.05) is 34.7 Å². The number of hydrogen-bond acceptors (Lipinski definition) is 3. The van der Waals surface area contributed by atoms with E-state index in [-0.39, 0.29) is 17.6 Å². The van der Waals surface area contributed by atoms with Crippen molar-refractivity contribution >= 4 is 0 Å². The number of unbranched alkanes of at least 4 members (excludes halogenated alkanes) is 1. The minimum absolute atomic E-state index is 0.148. The molecular weight excluding hydrogens is 200 g/mol. The van der Waals surface area contributed by atoms with Gasteiger partial charge in [-0.05, 0) is 54.1 Å². The van der Waals surface area contributed by atoms with Crippen LogP contribution >= 0.6 is 0 Å². The van der Waals surface area contributed by atoms with Gasteiger partial charge in [0.05, 0.1) is 18.1 Å². The fourth-order valence-electron chi connectivity index (χ4n) is 1.40. The highest BCUT2D eigenvalue weighted by molar-refractivity contribution is 4.91. The van der Waals surface area contributed by atoms with Crippen molar-refractivity contribution in [3.63, 3.8) is 0 Å². The first-order chi connectivity index (χ1) is 7.25. The van der Waals surface area contributed by atoms with Crippen LogP contribution in [0.25, 0.3) is 0 Å². The summed E-state index contributed by atoms with van der Waals surface area (Å²) < 4.78 is 0. The van der Waals surface area contributed by atoms with Gasteiger partial charge in [-0.25, -0.2) is 0 Å². The van der Waals surface area contributed by atoms with Crippen molar-refractivity contribution in [3.8, 4) is 6.07 Å². The van der Waals surface area contributed by atoms with E-state index in [2.05, 4.69) is 11.0 Å². The number of likely N-dealkylation sites (N-methyl/N-ethyl adjacent to an activating group) is 1. The highest BCUT2D eigenvalue weighted by Crippen LogP contribution is 2.22. The second-order valence-corrected chi connectivity index (χ2v) is 5.84. The van der Waals surface area contributed by atoms with Crippen LogP contribution in [0.3, 0.4) is 0 Å². The molecule has 0 aliphatic carbocycles. The van der Waals surface area contributed by atoms with Gasteiger partial charge in [-0.2, -0.15) is 5.26 Å². The highest BCUT2D eigenvalue weighted by Gasteiger charge is 2.22. The maximum Gasteiger partial charge on any atom is 0.0683 e. The average molecular weight is 226 g/mol. The number of nitriles is 1. The Morgan fingerprint density at radius 1 is 1.19 bits per heavy atom. The molecular formula is C13H26N2O. The van der Waals surface area contributed by atoms with Crippen LogP contribution in [0.4, 0.5) is 0 Å². The molecule has 3 nitrogen and oxygen atoms in total. The Bertz CT molecular complexity index is 241. The van der Waals surface area contributed by atoms with Crippen LogP contribution in [-0.4, -0.2) is 35.7 Å². The Morgan fingerprint density at radius 2 is 1.75 bits per heavy atom. The van der Waals surface area contributed by atoms with Crippen LogP contribution in [0.5, 0.6) is 0 Å². The Kier molecular flexibility index (Phi) is 5.99. The monoisotopic (exact) mass is 226 g/mol. The van der Waals surface area contributed by atoms with Crippen LogP contribution in [-0.2, 0) is 0 Å². The van der Waals surface area contributed by atoms with Crippen molar-refractivity contribution in [2.75, 3.05) is 20.2 Å². The molecule has 0 radical (unpaired) electrons. The summed E-state index contributed by atoms with van der Waals surface area (Å²) in [4.78, 5) is 2.17. The molecule has 0 aromatic heterocycles. The molecule has 0 spiro atoms. The molecule has 3 heteroatoms. The van der Waals surface area contributed by atoms with Crippen LogP contribution < -0.4 is 0 Å². The average Bonchev–Trinajstić information content (AvgIpc) is 2.24. The molecule has 0 fully saturated rings. The van der Waals surface area contributed by atoms with Gasteiger partial charge < -0.3 is 5.11 Å². The molecule has 0 rings (SSSR count). The molecule has 0 saturated carbocycles. The lowest BCUT2D eigenvalue weighted by Gasteiger charge is -2.34. The molecule has 0 aromatic rings. The van der Waals surface area contributed by atoms with E-state index in [9.17, 15) is 5.11 Å². The topological polar surface area (TPSA) is 47.3 Å². The summed E-state index contributed by atoms with van der Waals surface area (Å²) in [6, 6.07) is 2.32. The lowest BCUT2D eigenvalue weighted by atomic mass is 9.89. The molecule has 0 saturated heterocycles. The minimum atomic E-state index is -0.203. The maximum absolute atomic E-state index is 9.20. The van der Waals surface area contributed by atoms with Gasteiger partial charge in [0.15, 0.2) is 0 Å². The standard InChI is InChI=1S/C13H26N2O/c1-12(2,10-14)8-6-7-9-15(5)13(3,4)11-16/h16H,6-9,11H2,1-5H3. The van der Waals surface area contributed by atoms with Gasteiger partial charge in [0.1, 0.15) is 0 Å². The van der Waals surface area contributed by atoms with Crippen molar-refractivity contribution in [1.82, 2.24) is 4.90 Å². The largest absolute Gasteiger partial charge is 0.394 e. The summed E-state index contributed by atoms with van der Waals surface area (Å²) in [6.45, 7) is 9.17. The highest BCUT2D eigenvalue weighted by atomic mass is 16.3. The zero-order valence-corrected chi connectivity index (χ0v) is 11.4. The predicted octanol–water partition coefficient (Wildman–Crippen LogP) is 2.41. The van der Waals surface area contributed by atoms with E-state index in [4.69, 9.17) is 5.26 Å². The zero-order chi connectivity index (χ0) is 12.8. The Hall–Kier alpha value is -0.590. The molecule has 1 N–H and O–H groups in total. The van der Waals surface area contributed by atoms with Crippen molar-refractivity contribution in [2.24, 2.45) is 5.41 Å². The number of hydrogen-bond donors (Lipinski definition) is 1. The third-order valence-corrected chi connectivity index (χ3v) is 3.27. The van der Waals surface area contributed by atoms with E-state index in [0.717, 1.165) is 25.8 Å². The van der Waals surface area contributed by atoms with E-state index in [1.54, 1.807) is 0 Å². The fraction of sp³-hybridized carbons (Fsp3) is 0.923. The molecule has 16 heavy (non-hydrogen) atoms. The SMILES string of the molecule is CN(CCCCC(C)(C)C#N)C(C)(C)CO. The number of nitrogens with zero attached hydrogens (tertiary/aromatic N) is 2. The molecule has 0 amide bonds. The number of aliphatic hydroxyl groups is 1. The zero-order valence-electron chi connectivity index (χ0n) is 11.4. The van der Waals surface area contributed by atoms with E-state index in [0.29, 0.717) is 0 Å². The second kappa shape index (κ2) is 6.22. The van der Waals surface area contributed by atoms with Crippen molar-refractivity contribution in [3.05, 3.63) is 0 Å². The minimum Gasteiger partial charge on any atom is -0.394 e. The van der Waals surface area contributed by atoms with Crippen LogP contribution in [0.1, 0.15) is 47.0 Å². The molecule has 0 bridgehead atoms. The summed E-state index contributed by atoms with van der Waals surface area (Å²) in [5.41, 5.74) is -0.351. The Labute approximate surface area is 100 Å². The third kappa shape index (κ3) is 5.48. The molecule has 0 unspecified atom stereocenters. The molecule has 0 aliphatic heterocycles. The van der Waals surface area contributed by atoms with Crippen molar-refractivity contribution in [1.29, 1.82) is 5.26 Å². The van der Waals surface area contributed by atoms with Gasteiger partial charge in [-0.3, -0.25) is 4.90 Å². The summed E-state index contributed by atoms with van der Waals surface area (Å²) >= 11 is 0. The normalized spacial score (nSPS) is 12.9. The molecule has 94 valence electrons. The third-order valence-electron chi connectivity index (χ3n) is 3.27. The summed E-state index contributed by atoms with van der Waals surface area (Å²) in [5, 5.41) is 18.1. The van der Waals surface area contributed by atoms with Crippen LogP contribution in [0, 0.1) is 16.7 Å². The van der Waals surface area contributed by atoms with Crippen LogP contribution in [0.2, 0.25) is 0 Å². The summed E-state index contributed by atoms with van der Waals surface area (Å²) in [7, 11) is 2.03. The Balaban J connectivity index is 3.81. The van der Waals surface area contributed by atoms with Crippen molar-refractivity contribution in [2.45, 2.75) is 52.5 Å². The van der Waals surface area contributed by atoms with Gasteiger partial charge >= 0.3 is 0 Å². The fourth-order valence-corrected chi connectivity index (χ4v) is 1.40. The molecule has 0 heterocycles.